The van der Waals surface area contributed by atoms with Gasteiger partial charge in [-0.1, -0.05) is 26.7 Å². The highest BCUT2D eigenvalue weighted by molar-refractivity contribution is 6.00. The highest BCUT2D eigenvalue weighted by atomic mass is 16.2. The summed E-state index contributed by atoms with van der Waals surface area (Å²) in [6, 6.07) is -0.0671. The number of hydrogen-bond donors (Lipinski definition) is 1. The Hall–Kier alpha value is -1.06. The highest BCUT2D eigenvalue weighted by Gasteiger charge is 2.54. The normalized spacial score (nSPS) is 40.5. The summed E-state index contributed by atoms with van der Waals surface area (Å²) < 4.78 is 0. The number of piperazine rings is 1. The number of rotatable bonds is 1. The zero-order chi connectivity index (χ0) is 14.5. The summed E-state index contributed by atoms with van der Waals surface area (Å²) in [4.78, 5) is 27.3. The van der Waals surface area contributed by atoms with Crippen molar-refractivity contribution in [3.8, 4) is 0 Å². The van der Waals surface area contributed by atoms with Crippen LogP contribution in [0.1, 0.15) is 59.3 Å². The number of carbonyl (C=O) groups is 2. The molecule has 1 spiro atoms. The van der Waals surface area contributed by atoms with Gasteiger partial charge >= 0.3 is 0 Å². The van der Waals surface area contributed by atoms with E-state index in [1.54, 1.807) is 0 Å². The van der Waals surface area contributed by atoms with Gasteiger partial charge in [0.25, 0.3) is 0 Å². The monoisotopic (exact) mass is 278 g/mol. The van der Waals surface area contributed by atoms with E-state index in [0.717, 1.165) is 38.5 Å². The molecule has 0 bridgehead atoms. The van der Waals surface area contributed by atoms with E-state index in [-0.39, 0.29) is 23.9 Å². The topological polar surface area (TPSA) is 49.4 Å². The van der Waals surface area contributed by atoms with Crippen LogP contribution in [0.15, 0.2) is 0 Å². The van der Waals surface area contributed by atoms with E-state index in [2.05, 4.69) is 19.2 Å². The summed E-state index contributed by atoms with van der Waals surface area (Å²) in [6.45, 7) is 6.37. The molecule has 1 N–H and O–H groups in total. The Morgan fingerprint density at radius 2 is 1.75 bits per heavy atom. The summed E-state index contributed by atoms with van der Waals surface area (Å²) in [6.07, 6.45) is 5.93. The van der Waals surface area contributed by atoms with Gasteiger partial charge in [-0.05, 0) is 44.4 Å². The predicted octanol–water partition coefficient (Wildman–Crippen LogP) is 2.08. The molecule has 3 fully saturated rings. The van der Waals surface area contributed by atoms with E-state index in [9.17, 15) is 9.59 Å². The van der Waals surface area contributed by atoms with Crippen molar-refractivity contribution in [1.82, 2.24) is 10.2 Å². The molecule has 1 heterocycles. The van der Waals surface area contributed by atoms with Gasteiger partial charge in [-0.25, -0.2) is 0 Å². The Balaban J connectivity index is 1.91. The Morgan fingerprint density at radius 3 is 2.30 bits per heavy atom. The molecule has 0 radical (unpaired) electrons. The first-order valence-electron chi connectivity index (χ1n) is 8.11. The summed E-state index contributed by atoms with van der Waals surface area (Å²) >= 11 is 0. The van der Waals surface area contributed by atoms with Crippen molar-refractivity contribution < 1.29 is 9.59 Å². The van der Waals surface area contributed by atoms with Crippen molar-refractivity contribution in [1.29, 1.82) is 0 Å². The van der Waals surface area contributed by atoms with E-state index in [4.69, 9.17) is 0 Å². The maximum Gasteiger partial charge on any atom is 0.249 e. The molecule has 1 aliphatic heterocycles. The molecule has 4 heteroatoms. The van der Waals surface area contributed by atoms with Crippen LogP contribution in [0, 0.1) is 11.8 Å². The molecule has 2 saturated carbocycles. The van der Waals surface area contributed by atoms with Gasteiger partial charge in [0, 0.05) is 6.04 Å². The minimum Gasteiger partial charge on any atom is -0.340 e. The second-order valence-electron chi connectivity index (χ2n) is 7.15. The van der Waals surface area contributed by atoms with Gasteiger partial charge in [0.15, 0.2) is 0 Å². The molecule has 4 atom stereocenters. The summed E-state index contributed by atoms with van der Waals surface area (Å²) in [5.74, 6) is 1.36. The zero-order valence-corrected chi connectivity index (χ0v) is 12.8. The smallest absolute Gasteiger partial charge is 0.249 e. The predicted molar refractivity (Wildman–Crippen MR) is 77.0 cm³/mol. The van der Waals surface area contributed by atoms with Crippen LogP contribution in [0.4, 0.5) is 0 Å². The molecule has 4 nitrogen and oxygen atoms in total. The molecule has 20 heavy (non-hydrogen) atoms. The fourth-order valence-electron chi connectivity index (χ4n) is 4.43. The van der Waals surface area contributed by atoms with Gasteiger partial charge in [0.2, 0.25) is 11.8 Å². The molecule has 0 aromatic rings. The lowest BCUT2D eigenvalue weighted by Gasteiger charge is -2.47. The van der Waals surface area contributed by atoms with Crippen LogP contribution in [-0.2, 0) is 9.59 Å². The van der Waals surface area contributed by atoms with Crippen molar-refractivity contribution in [2.75, 3.05) is 0 Å². The maximum atomic E-state index is 13.1. The van der Waals surface area contributed by atoms with Crippen LogP contribution in [0.5, 0.6) is 0 Å². The van der Waals surface area contributed by atoms with Gasteiger partial charge in [0.1, 0.15) is 11.6 Å². The average Bonchev–Trinajstić information content (AvgIpc) is 3.00. The third kappa shape index (κ3) is 1.87. The molecule has 4 unspecified atom stereocenters. The average molecular weight is 278 g/mol. The maximum absolute atomic E-state index is 13.1. The SMILES string of the molecule is CC1CCC(N2C(=O)C3(CCCC3)NC(=O)C2C)C1C. The minimum atomic E-state index is -0.574. The molecular formula is C16H26N2O2. The first kappa shape index (κ1) is 13.9. The highest BCUT2D eigenvalue weighted by Crippen LogP contribution is 2.41. The van der Waals surface area contributed by atoms with Gasteiger partial charge in [0.05, 0.1) is 0 Å². The Labute approximate surface area is 121 Å². The number of amides is 2. The summed E-state index contributed by atoms with van der Waals surface area (Å²) in [7, 11) is 0. The zero-order valence-electron chi connectivity index (χ0n) is 12.8. The number of nitrogens with one attached hydrogen (secondary N) is 1. The van der Waals surface area contributed by atoms with E-state index in [1.165, 1.54) is 0 Å². The molecule has 0 aromatic carbocycles. The number of carbonyl (C=O) groups excluding carboxylic acids is 2. The van der Waals surface area contributed by atoms with Gasteiger partial charge in [-0.3, -0.25) is 9.59 Å². The van der Waals surface area contributed by atoms with Crippen molar-refractivity contribution in [3.05, 3.63) is 0 Å². The molecule has 3 rings (SSSR count). The van der Waals surface area contributed by atoms with Crippen LogP contribution in [-0.4, -0.2) is 34.3 Å². The van der Waals surface area contributed by atoms with Crippen LogP contribution in [0.2, 0.25) is 0 Å². The largest absolute Gasteiger partial charge is 0.340 e. The third-order valence-corrected chi connectivity index (χ3v) is 6.04. The van der Waals surface area contributed by atoms with Crippen molar-refractivity contribution in [3.63, 3.8) is 0 Å². The third-order valence-electron chi connectivity index (χ3n) is 6.04. The lowest BCUT2D eigenvalue weighted by molar-refractivity contribution is -0.158. The quantitative estimate of drug-likeness (QED) is 0.798. The Kier molecular flexibility index (Phi) is 3.30. The van der Waals surface area contributed by atoms with Gasteiger partial charge in [-0.15, -0.1) is 0 Å². The van der Waals surface area contributed by atoms with Gasteiger partial charge < -0.3 is 10.2 Å². The fourth-order valence-corrected chi connectivity index (χ4v) is 4.43. The molecule has 0 aromatic heterocycles. The van der Waals surface area contributed by atoms with Crippen molar-refractivity contribution in [2.45, 2.75) is 76.9 Å². The second kappa shape index (κ2) is 4.74. The fraction of sp³-hybridized carbons (Fsp3) is 0.875. The lowest BCUT2D eigenvalue weighted by atomic mass is 9.87. The molecule has 2 aliphatic carbocycles. The van der Waals surface area contributed by atoms with E-state index < -0.39 is 5.54 Å². The van der Waals surface area contributed by atoms with Crippen LogP contribution in [0.25, 0.3) is 0 Å². The summed E-state index contributed by atoms with van der Waals surface area (Å²) in [5, 5.41) is 3.04. The Bertz CT molecular complexity index is 428. The molecule has 1 saturated heterocycles. The van der Waals surface area contributed by atoms with Gasteiger partial charge in [-0.2, -0.15) is 0 Å². The minimum absolute atomic E-state index is 0.0400. The molecular weight excluding hydrogens is 252 g/mol. The van der Waals surface area contributed by atoms with Crippen LogP contribution < -0.4 is 5.32 Å². The van der Waals surface area contributed by atoms with E-state index in [1.807, 2.05) is 11.8 Å². The first-order valence-corrected chi connectivity index (χ1v) is 8.11. The molecule has 2 amide bonds. The first-order chi connectivity index (χ1) is 9.46. The standard InChI is InChI=1S/C16H26N2O2/c1-10-6-7-13(11(10)2)18-12(3)14(19)17-16(15(18)20)8-4-5-9-16/h10-13H,4-9H2,1-3H3,(H,17,19). The van der Waals surface area contributed by atoms with Crippen molar-refractivity contribution in [2.24, 2.45) is 11.8 Å². The number of hydrogen-bond acceptors (Lipinski definition) is 2. The van der Waals surface area contributed by atoms with E-state index in [0.29, 0.717) is 11.8 Å². The summed E-state index contributed by atoms with van der Waals surface area (Å²) in [5.41, 5.74) is -0.574. The molecule has 3 aliphatic rings. The van der Waals surface area contributed by atoms with Crippen LogP contribution >= 0.6 is 0 Å². The molecule has 112 valence electrons. The van der Waals surface area contributed by atoms with E-state index >= 15 is 0 Å². The lowest BCUT2D eigenvalue weighted by Crippen LogP contribution is -2.70. The second-order valence-corrected chi connectivity index (χ2v) is 7.15. The van der Waals surface area contributed by atoms with Crippen LogP contribution in [0.3, 0.4) is 0 Å². The Morgan fingerprint density at radius 1 is 1.10 bits per heavy atom. The van der Waals surface area contributed by atoms with Crippen molar-refractivity contribution >= 4 is 11.8 Å². The number of nitrogens with zero attached hydrogens (tertiary/aromatic N) is 1.